The number of carbonyl (C=O) groups is 1. The van der Waals surface area contributed by atoms with Crippen molar-refractivity contribution < 1.29 is 4.79 Å². The molecule has 0 bridgehead atoms. The Labute approximate surface area is 119 Å². The summed E-state index contributed by atoms with van der Waals surface area (Å²) in [5.74, 6) is 0.486. The Kier molecular flexibility index (Phi) is 4.32. The average Bonchev–Trinajstić information content (AvgIpc) is 2.82. The summed E-state index contributed by atoms with van der Waals surface area (Å²) in [6.07, 6.45) is 3.89. The van der Waals surface area contributed by atoms with Crippen LogP contribution in [0.2, 0.25) is 0 Å². The molecule has 0 fully saturated rings. The zero-order valence-electron chi connectivity index (χ0n) is 12.4. The van der Waals surface area contributed by atoms with E-state index in [2.05, 4.69) is 31.1 Å². The molecular formula is C16H23N3O. The number of aromatic amines is 1. The van der Waals surface area contributed by atoms with Crippen LogP contribution >= 0.6 is 0 Å². The van der Waals surface area contributed by atoms with Crippen LogP contribution in [0.1, 0.15) is 44.0 Å². The van der Waals surface area contributed by atoms with Crippen molar-refractivity contribution in [2.75, 3.05) is 5.73 Å². The van der Waals surface area contributed by atoms with Gasteiger partial charge in [0.25, 0.3) is 5.91 Å². The Morgan fingerprint density at radius 1 is 1.35 bits per heavy atom. The first-order valence-electron chi connectivity index (χ1n) is 7.24. The maximum Gasteiger partial charge on any atom is 0.253 e. The zero-order valence-corrected chi connectivity index (χ0v) is 12.4. The van der Waals surface area contributed by atoms with E-state index in [4.69, 9.17) is 5.73 Å². The molecule has 1 atom stereocenters. The fourth-order valence-corrected chi connectivity index (χ4v) is 2.73. The second-order valence-corrected chi connectivity index (χ2v) is 5.35. The van der Waals surface area contributed by atoms with E-state index in [-0.39, 0.29) is 11.9 Å². The van der Waals surface area contributed by atoms with Crippen molar-refractivity contribution in [2.24, 2.45) is 5.92 Å². The molecule has 4 heteroatoms. The Morgan fingerprint density at radius 2 is 2.05 bits per heavy atom. The Bertz CT molecular complexity index is 599. The van der Waals surface area contributed by atoms with Crippen molar-refractivity contribution in [3.63, 3.8) is 0 Å². The third-order valence-corrected chi connectivity index (χ3v) is 4.07. The number of amides is 1. The minimum Gasteiger partial charge on any atom is -0.399 e. The van der Waals surface area contributed by atoms with Crippen molar-refractivity contribution in [3.05, 3.63) is 30.0 Å². The molecular weight excluding hydrogens is 250 g/mol. The molecule has 0 aliphatic heterocycles. The van der Waals surface area contributed by atoms with Crippen LogP contribution in [0.5, 0.6) is 0 Å². The summed E-state index contributed by atoms with van der Waals surface area (Å²) in [7, 11) is 0. The van der Waals surface area contributed by atoms with E-state index in [0.29, 0.717) is 17.2 Å². The molecule has 1 amide bonds. The first-order chi connectivity index (χ1) is 9.56. The van der Waals surface area contributed by atoms with E-state index < -0.39 is 0 Å². The lowest BCUT2D eigenvalue weighted by Gasteiger charge is -2.22. The molecule has 1 unspecified atom stereocenters. The number of aromatic nitrogens is 1. The number of hydrogen-bond acceptors (Lipinski definition) is 2. The van der Waals surface area contributed by atoms with E-state index >= 15 is 0 Å². The zero-order chi connectivity index (χ0) is 14.7. The molecule has 1 aromatic carbocycles. The maximum atomic E-state index is 12.4. The van der Waals surface area contributed by atoms with Crippen LogP contribution < -0.4 is 11.1 Å². The number of nitrogens with one attached hydrogen (secondary N) is 2. The number of benzene rings is 1. The predicted octanol–water partition coefficient (Wildman–Crippen LogP) is 3.30. The van der Waals surface area contributed by atoms with Gasteiger partial charge in [-0.05, 0) is 31.0 Å². The van der Waals surface area contributed by atoms with Gasteiger partial charge in [0.15, 0.2) is 0 Å². The van der Waals surface area contributed by atoms with E-state index in [9.17, 15) is 4.79 Å². The molecule has 20 heavy (non-hydrogen) atoms. The van der Waals surface area contributed by atoms with Crippen LogP contribution in [0.4, 0.5) is 5.69 Å². The van der Waals surface area contributed by atoms with Crippen LogP contribution in [0, 0.1) is 5.92 Å². The normalized spacial score (nSPS) is 12.8. The highest BCUT2D eigenvalue weighted by molar-refractivity contribution is 6.07. The average molecular weight is 273 g/mol. The summed E-state index contributed by atoms with van der Waals surface area (Å²) in [6.45, 7) is 6.39. The van der Waals surface area contributed by atoms with Crippen LogP contribution in [0.3, 0.4) is 0 Å². The van der Waals surface area contributed by atoms with Gasteiger partial charge in [0.2, 0.25) is 0 Å². The Morgan fingerprint density at radius 3 is 2.70 bits per heavy atom. The third kappa shape index (κ3) is 2.79. The minimum atomic E-state index is -0.0274. The molecule has 0 saturated heterocycles. The molecule has 0 radical (unpaired) electrons. The van der Waals surface area contributed by atoms with Crippen molar-refractivity contribution in [1.82, 2.24) is 10.3 Å². The number of fused-ring (bicyclic) bond motifs is 1. The lowest BCUT2D eigenvalue weighted by atomic mass is 9.95. The van der Waals surface area contributed by atoms with Gasteiger partial charge in [-0.2, -0.15) is 0 Å². The van der Waals surface area contributed by atoms with Gasteiger partial charge in [-0.15, -0.1) is 0 Å². The number of nitrogens with two attached hydrogens (primary N) is 1. The first kappa shape index (κ1) is 14.4. The molecule has 4 nitrogen and oxygen atoms in total. The van der Waals surface area contributed by atoms with Gasteiger partial charge in [-0.3, -0.25) is 4.79 Å². The van der Waals surface area contributed by atoms with Crippen LogP contribution in [0.25, 0.3) is 10.9 Å². The van der Waals surface area contributed by atoms with E-state index in [1.807, 2.05) is 18.2 Å². The van der Waals surface area contributed by atoms with Gasteiger partial charge < -0.3 is 16.0 Å². The number of carbonyl (C=O) groups excluding carboxylic acids is 1. The molecule has 1 aromatic heterocycles. The topological polar surface area (TPSA) is 70.9 Å². The molecule has 108 valence electrons. The smallest absolute Gasteiger partial charge is 0.253 e. The largest absolute Gasteiger partial charge is 0.399 e. The number of H-pyrrole nitrogens is 1. The Hall–Kier alpha value is -1.97. The van der Waals surface area contributed by atoms with Crippen molar-refractivity contribution in [3.8, 4) is 0 Å². The van der Waals surface area contributed by atoms with Gasteiger partial charge in [-0.1, -0.05) is 26.7 Å². The van der Waals surface area contributed by atoms with E-state index in [0.717, 1.165) is 23.7 Å². The second kappa shape index (κ2) is 5.99. The predicted molar refractivity (Wildman–Crippen MR) is 83.7 cm³/mol. The standard InChI is InChI=1S/C16H23N3O/c1-4-11(5-2)10(3)19-16(20)14-9-18-15-8-12(17)6-7-13(14)15/h6-11,18H,4-5,17H2,1-3H3,(H,19,20). The quantitative estimate of drug-likeness (QED) is 0.731. The highest BCUT2D eigenvalue weighted by Gasteiger charge is 2.18. The fourth-order valence-electron chi connectivity index (χ4n) is 2.73. The van der Waals surface area contributed by atoms with Crippen LogP contribution in [-0.4, -0.2) is 16.9 Å². The number of rotatable bonds is 5. The highest BCUT2D eigenvalue weighted by Crippen LogP contribution is 2.21. The number of hydrogen-bond donors (Lipinski definition) is 3. The van der Waals surface area contributed by atoms with Crippen molar-refractivity contribution in [2.45, 2.75) is 39.7 Å². The lowest BCUT2D eigenvalue weighted by Crippen LogP contribution is -2.37. The fraction of sp³-hybridized carbons (Fsp3) is 0.438. The molecule has 2 rings (SSSR count). The third-order valence-electron chi connectivity index (χ3n) is 4.07. The monoisotopic (exact) mass is 273 g/mol. The SMILES string of the molecule is CCC(CC)C(C)NC(=O)c1c[nH]c2cc(N)ccc12. The summed E-state index contributed by atoms with van der Waals surface area (Å²) >= 11 is 0. The molecule has 0 spiro atoms. The minimum absolute atomic E-state index is 0.0274. The van der Waals surface area contributed by atoms with Gasteiger partial charge >= 0.3 is 0 Å². The number of nitrogen functional groups attached to an aromatic ring is 1. The summed E-state index contributed by atoms with van der Waals surface area (Å²) in [5.41, 5.74) is 8.01. The maximum absolute atomic E-state index is 12.4. The van der Waals surface area contributed by atoms with Crippen molar-refractivity contribution in [1.29, 1.82) is 0 Å². The van der Waals surface area contributed by atoms with Gasteiger partial charge in [0.05, 0.1) is 5.56 Å². The molecule has 2 aromatic rings. The highest BCUT2D eigenvalue weighted by atomic mass is 16.1. The summed E-state index contributed by atoms with van der Waals surface area (Å²) in [4.78, 5) is 15.5. The second-order valence-electron chi connectivity index (χ2n) is 5.35. The lowest BCUT2D eigenvalue weighted by molar-refractivity contribution is 0.0927. The van der Waals surface area contributed by atoms with E-state index in [1.54, 1.807) is 6.20 Å². The molecule has 0 saturated carbocycles. The number of anilines is 1. The molecule has 0 aliphatic carbocycles. The molecule has 1 heterocycles. The van der Waals surface area contributed by atoms with E-state index in [1.165, 1.54) is 0 Å². The summed E-state index contributed by atoms with van der Waals surface area (Å²) < 4.78 is 0. The first-order valence-corrected chi connectivity index (χ1v) is 7.24. The summed E-state index contributed by atoms with van der Waals surface area (Å²) in [6, 6.07) is 5.72. The van der Waals surface area contributed by atoms with Crippen molar-refractivity contribution >= 4 is 22.5 Å². The van der Waals surface area contributed by atoms with Crippen LogP contribution in [0.15, 0.2) is 24.4 Å². The Balaban J connectivity index is 2.19. The molecule has 0 aliphatic rings. The van der Waals surface area contributed by atoms with Gasteiger partial charge in [0.1, 0.15) is 0 Å². The van der Waals surface area contributed by atoms with Crippen LogP contribution in [-0.2, 0) is 0 Å². The molecule has 4 N–H and O–H groups in total. The van der Waals surface area contributed by atoms with Gasteiger partial charge in [-0.25, -0.2) is 0 Å². The van der Waals surface area contributed by atoms with Gasteiger partial charge in [0, 0.05) is 28.8 Å². The summed E-state index contributed by atoms with van der Waals surface area (Å²) in [5, 5.41) is 4.01.